The normalized spacial score (nSPS) is 11.8. The van der Waals surface area contributed by atoms with Crippen LogP contribution in [0.3, 0.4) is 0 Å². The lowest BCUT2D eigenvalue weighted by molar-refractivity contribution is -0.274. The molecule has 0 saturated heterocycles. The van der Waals surface area contributed by atoms with Crippen LogP contribution in [0.1, 0.15) is 31.2 Å². The van der Waals surface area contributed by atoms with Crippen LogP contribution in [0.15, 0.2) is 29.3 Å². The largest absolute Gasteiger partial charge is 0.573 e. The zero-order valence-electron chi connectivity index (χ0n) is 14.9. The Hall–Kier alpha value is -2.45. The molecule has 0 aliphatic heterocycles. The van der Waals surface area contributed by atoms with E-state index in [2.05, 4.69) is 25.1 Å². The molecule has 1 aromatic rings. The maximum absolute atomic E-state index is 12.4. The zero-order valence-corrected chi connectivity index (χ0v) is 14.9. The van der Waals surface area contributed by atoms with Gasteiger partial charge in [0.15, 0.2) is 5.96 Å². The predicted molar refractivity (Wildman–Crippen MR) is 91.8 cm³/mol. The minimum atomic E-state index is -4.74. The molecule has 1 aromatic carbocycles. The van der Waals surface area contributed by atoms with Crippen LogP contribution in [0.5, 0.6) is 5.75 Å². The van der Waals surface area contributed by atoms with Crippen molar-refractivity contribution in [2.75, 3.05) is 20.7 Å². The molecule has 0 aromatic heterocycles. The number of methoxy groups -OCH3 is 1. The third kappa shape index (κ3) is 9.14. The third-order valence-electron chi connectivity index (χ3n) is 3.45. The maximum Gasteiger partial charge on any atom is 0.573 e. The minimum Gasteiger partial charge on any atom is -0.469 e. The molecule has 0 fully saturated rings. The second-order valence-electron chi connectivity index (χ2n) is 5.39. The molecular formula is C17H24F3N3O3. The first-order chi connectivity index (χ1) is 12.4. The summed E-state index contributed by atoms with van der Waals surface area (Å²) in [4.78, 5) is 15.0. The van der Waals surface area contributed by atoms with E-state index in [4.69, 9.17) is 0 Å². The van der Waals surface area contributed by atoms with Crippen molar-refractivity contribution in [3.63, 3.8) is 0 Å². The molecule has 0 bridgehead atoms. The first-order valence-corrected chi connectivity index (χ1v) is 8.20. The number of hydrogen-bond acceptors (Lipinski definition) is 4. The number of para-hydroxylation sites is 1. The van der Waals surface area contributed by atoms with Crippen molar-refractivity contribution < 1.29 is 27.4 Å². The lowest BCUT2D eigenvalue weighted by atomic mass is 10.2. The fourth-order valence-electron chi connectivity index (χ4n) is 2.15. The van der Waals surface area contributed by atoms with Gasteiger partial charge in [0.05, 0.1) is 7.11 Å². The summed E-state index contributed by atoms with van der Waals surface area (Å²) >= 11 is 0. The van der Waals surface area contributed by atoms with Crippen molar-refractivity contribution >= 4 is 11.9 Å². The number of ether oxygens (including phenoxy) is 2. The highest BCUT2D eigenvalue weighted by molar-refractivity contribution is 5.79. The Morgan fingerprint density at radius 3 is 2.54 bits per heavy atom. The summed E-state index contributed by atoms with van der Waals surface area (Å²) in [5.41, 5.74) is 0.367. The topological polar surface area (TPSA) is 72.0 Å². The summed E-state index contributed by atoms with van der Waals surface area (Å²) in [6.45, 7) is 0.760. The van der Waals surface area contributed by atoms with E-state index in [-0.39, 0.29) is 18.3 Å². The molecule has 1 rings (SSSR count). The van der Waals surface area contributed by atoms with Crippen LogP contribution < -0.4 is 15.4 Å². The Bertz CT molecular complexity index is 592. The number of carbonyl (C=O) groups excluding carboxylic acids is 1. The van der Waals surface area contributed by atoms with Crippen LogP contribution in [0.4, 0.5) is 13.2 Å². The fraction of sp³-hybridized carbons (Fsp3) is 0.529. The number of rotatable bonds is 9. The molecule has 0 heterocycles. The monoisotopic (exact) mass is 375 g/mol. The Balaban J connectivity index is 2.38. The van der Waals surface area contributed by atoms with Crippen molar-refractivity contribution in [3.05, 3.63) is 29.8 Å². The smallest absolute Gasteiger partial charge is 0.469 e. The van der Waals surface area contributed by atoms with E-state index in [0.29, 0.717) is 24.5 Å². The molecule has 146 valence electrons. The standard InChI is InChI=1S/C17H24F3N3O3/c1-21-16(22-11-7-3-4-10-15(24)25-2)23-12-13-8-5-6-9-14(13)26-17(18,19)20/h5-6,8-9H,3-4,7,10-12H2,1-2H3,(H2,21,22,23). The summed E-state index contributed by atoms with van der Waals surface area (Å²) in [6, 6.07) is 5.93. The van der Waals surface area contributed by atoms with Gasteiger partial charge in [-0.15, -0.1) is 13.2 Å². The van der Waals surface area contributed by atoms with E-state index < -0.39 is 6.36 Å². The number of benzene rings is 1. The first-order valence-electron chi connectivity index (χ1n) is 8.20. The van der Waals surface area contributed by atoms with Crippen LogP contribution >= 0.6 is 0 Å². The number of alkyl halides is 3. The Morgan fingerprint density at radius 2 is 1.88 bits per heavy atom. The number of guanidine groups is 1. The van der Waals surface area contributed by atoms with Crippen LogP contribution in [-0.2, 0) is 16.1 Å². The molecular weight excluding hydrogens is 351 g/mol. The Labute approximate surface area is 150 Å². The highest BCUT2D eigenvalue weighted by Crippen LogP contribution is 2.25. The number of carbonyl (C=O) groups is 1. The van der Waals surface area contributed by atoms with Gasteiger partial charge in [-0.2, -0.15) is 0 Å². The number of halogens is 3. The average Bonchev–Trinajstić information content (AvgIpc) is 2.60. The fourth-order valence-corrected chi connectivity index (χ4v) is 2.15. The summed E-state index contributed by atoms with van der Waals surface area (Å²) in [6.07, 6.45) is -1.94. The number of aliphatic imine (C=N–C) groups is 1. The molecule has 0 radical (unpaired) electrons. The van der Waals surface area contributed by atoms with Gasteiger partial charge in [0.1, 0.15) is 5.75 Å². The molecule has 0 atom stereocenters. The van der Waals surface area contributed by atoms with Gasteiger partial charge >= 0.3 is 12.3 Å². The van der Waals surface area contributed by atoms with Crippen LogP contribution in [0, 0.1) is 0 Å². The second-order valence-corrected chi connectivity index (χ2v) is 5.39. The summed E-state index contributed by atoms with van der Waals surface area (Å²) in [5, 5.41) is 6.02. The van der Waals surface area contributed by atoms with Gasteiger partial charge in [-0.1, -0.05) is 24.6 Å². The van der Waals surface area contributed by atoms with Crippen molar-refractivity contribution in [1.82, 2.24) is 10.6 Å². The van der Waals surface area contributed by atoms with Crippen LogP contribution in [-0.4, -0.2) is 39.0 Å². The highest BCUT2D eigenvalue weighted by atomic mass is 19.4. The molecule has 0 unspecified atom stereocenters. The number of nitrogens with one attached hydrogen (secondary N) is 2. The number of nitrogens with zero attached hydrogens (tertiary/aromatic N) is 1. The van der Waals surface area contributed by atoms with E-state index in [1.54, 1.807) is 19.2 Å². The third-order valence-corrected chi connectivity index (χ3v) is 3.45. The molecule has 9 heteroatoms. The number of unbranched alkanes of at least 4 members (excludes halogenated alkanes) is 2. The lowest BCUT2D eigenvalue weighted by Crippen LogP contribution is -2.37. The van der Waals surface area contributed by atoms with Crippen LogP contribution in [0.2, 0.25) is 0 Å². The van der Waals surface area contributed by atoms with E-state index in [1.165, 1.54) is 19.2 Å². The quantitative estimate of drug-likeness (QED) is 0.301. The first kappa shape index (κ1) is 21.6. The zero-order chi connectivity index (χ0) is 19.4. The second kappa shape index (κ2) is 11.2. The van der Waals surface area contributed by atoms with Gasteiger partial charge in [-0.3, -0.25) is 9.79 Å². The van der Waals surface area contributed by atoms with Gasteiger partial charge in [0, 0.05) is 32.1 Å². The molecule has 26 heavy (non-hydrogen) atoms. The van der Waals surface area contributed by atoms with Crippen molar-refractivity contribution in [3.8, 4) is 5.75 Å². The summed E-state index contributed by atoms with van der Waals surface area (Å²) in [7, 11) is 2.93. The minimum absolute atomic E-state index is 0.133. The number of hydrogen-bond donors (Lipinski definition) is 2. The Morgan fingerprint density at radius 1 is 1.15 bits per heavy atom. The molecule has 0 amide bonds. The molecule has 6 nitrogen and oxygen atoms in total. The van der Waals surface area contributed by atoms with Gasteiger partial charge < -0.3 is 20.1 Å². The highest BCUT2D eigenvalue weighted by Gasteiger charge is 2.31. The Kier molecular flexibility index (Phi) is 9.32. The summed E-state index contributed by atoms with van der Waals surface area (Å²) in [5.74, 6) is 0.000666. The van der Waals surface area contributed by atoms with E-state index >= 15 is 0 Å². The average molecular weight is 375 g/mol. The molecule has 2 N–H and O–H groups in total. The van der Waals surface area contributed by atoms with E-state index in [1.807, 2.05) is 0 Å². The van der Waals surface area contributed by atoms with Gasteiger partial charge in [-0.25, -0.2) is 0 Å². The van der Waals surface area contributed by atoms with Crippen molar-refractivity contribution in [2.24, 2.45) is 4.99 Å². The molecule has 0 aliphatic carbocycles. The van der Waals surface area contributed by atoms with Gasteiger partial charge in [-0.05, 0) is 18.9 Å². The van der Waals surface area contributed by atoms with Gasteiger partial charge in [0.25, 0.3) is 0 Å². The molecule has 0 saturated carbocycles. The summed E-state index contributed by atoms with van der Waals surface area (Å²) < 4.78 is 45.8. The number of esters is 1. The van der Waals surface area contributed by atoms with Crippen molar-refractivity contribution in [1.29, 1.82) is 0 Å². The molecule has 0 aliphatic rings. The SMILES string of the molecule is CN=C(NCCCCCC(=O)OC)NCc1ccccc1OC(F)(F)F. The predicted octanol–water partition coefficient (Wildman–Crippen LogP) is 2.98. The molecule has 0 spiro atoms. The van der Waals surface area contributed by atoms with Crippen molar-refractivity contribution in [2.45, 2.75) is 38.6 Å². The van der Waals surface area contributed by atoms with Gasteiger partial charge in [0.2, 0.25) is 0 Å². The lowest BCUT2D eigenvalue weighted by Gasteiger charge is -2.15. The van der Waals surface area contributed by atoms with E-state index in [9.17, 15) is 18.0 Å². The maximum atomic E-state index is 12.4. The van der Waals surface area contributed by atoms with E-state index in [0.717, 1.165) is 19.3 Å². The van der Waals surface area contributed by atoms with Crippen LogP contribution in [0.25, 0.3) is 0 Å².